The number of carboxylic acid groups (broad SMARTS) is 1. The van der Waals surface area contributed by atoms with Gasteiger partial charge in [-0.15, -0.1) is 17.0 Å². The number of carbonyl (C=O) groups excluding carboxylic acids is 1. The minimum Gasteiger partial charge on any atom is -0.480 e. The first-order chi connectivity index (χ1) is 10.0. The van der Waals surface area contributed by atoms with Crippen LogP contribution in [0.2, 0.25) is 0 Å². The predicted molar refractivity (Wildman–Crippen MR) is 93.6 cm³/mol. The summed E-state index contributed by atoms with van der Waals surface area (Å²) in [6.45, 7) is 3.52. The number of benzene rings is 1. The zero-order valence-corrected chi connectivity index (χ0v) is 15.2. The summed E-state index contributed by atoms with van der Waals surface area (Å²) in [6, 6.07) is 8.49. The Labute approximate surface area is 145 Å². The highest BCUT2D eigenvalue weighted by Crippen LogP contribution is 2.13. The number of rotatable bonds is 9. The summed E-state index contributed by atoms with van der Waals surface area (Å²) in [5.74, 6) is -0.172. The van der Waals surface area contributed by atoms with Gasteiger partial charge in [-0.1, -0.05) is 30.3 Å². The molecule has 0 aromatic heterocycles. The normalized spacial score (nSPS) is 12.8. The molecule has 7 heteroatoms. The van der Waals surface area contributed by atoms with Gasteiger partial charge in [-0.2, -0.15) is 11.8 Å². The highest BCUT2D eigenvalue weighted by molar-refractivity contribution is 8.93. The summed E-state index contributed by atoms with van der Waals surface area (Å²) in [7, 11) is 0. The number of ether oxygens (including phenoxy) is 1. The van der Waals surface area contributed by atoms with E-state index in [1.54, 1.807) is 18.7 Å². The fourth-order valence-corrected chi connectivity index (χ4v) is 2.68. The third-order valence-corrected chi connectivity index (χ3v) is 3.90. The monoisotopic (exact) mass is 391 g/mol. The van der Waals surface area contributed by atoms with Crippen LogP contribution >= 0.6 is 28.7 Å². The second kappa shape index (κ2) is 11.5. The number of aliphatic carboxylic acids is 1. The molecule has 0 unspecified atom stereocenters. The van der Waals surface area contributed by atoms with Crippen LogP contribution in [0.5, 0.6) is 0 Å². The molecule has 1 aromatic rings. The molecule has 0 amide bonds. The Morgan fingerprint density at radius 2 is 1.95 bits per heavy atom. The van der Waals surface area contributed by atoms with Crippen molar-refractivity contribution in [3.63, 3.8) is 0 Å². The second-order valence-corrected chi connectivity index (χ2v) is 5.56. The van der Waals surface area contributed by atoms with E-state index in [2.05, 4.69) is 5.32 Å². The first-order valence-corrected chi connectivity index (χ1v) is 7.97. The molecule has 0 aliphatic heterocycles. The number of nitrogens with one attached hydrogen (secondary N) is 1. The predicted octanol–water partition coefficient (Wildman–Crippen LogP) is 2.49. The molecule has 2 atom stereocenters. The van der Waals surface area contributed by atoms with E-state index in [-0.39, 0.29) is 23.6 Å². The lowest BCUT2D eigenvalue weighted by molar-refractivity contribution is -0.146. The molecule has 1 aromatic carbocycles. The van der Waals surface area contributed by atoms with Crippen LogP contribution in [0, 0.1) is 0 Å². The van der Waals surface area contributed by atoms with E-state index in [0.29, 0.717) is 5.75 Å². The van der Waals surface area contributed by atoms with Gasteiger partial charge in [-0.3, -0.25) is 14.9 Å². The van der Waals surface area contributed by atoms with Gasteiger partial charge in [0.1, 0.15) is 12.1 Å². The van der Waals surface area contributed by atoms with Crippen molar-refractivity contribution in [2.75, 3.05) is 12.4 Å². The zero-order chi connectivity index (χ0) is 15.7. The lowest BCUT2D eigenvalue weighted by atomic mass is 10.2. The van der Waals surface area contributed by atoms with Crippen molar-refractivity contribution in [3.8, 4) is 0 Å². The smallest absolute Gasteiger partial charge is 0.324 e. The molecule has 2 N–H and O–H groups in total. The molecule has 0 radical (unpaired) electrons. The van der Waals surface area contributed by atoms with E-state index < -0.39 is 24.0 Å². The molecule has 0 spiro atoms. The van der Waals surface area contributed by atoms with Gasteiger partial charge in [-0.05, 0) is 19.4 Å². The van der Waals surface area contributed by atoms with Crippen molar-refractivity contribution < 1.29 is 19.4 Å². The van der Waals surface area contributed by atoms with E-state index in [1.807, 2.05) is 30.3 Å². The molecule has 5 nitrogen and oxygen atoms in total. The summed E-state index contributed by atoms with van der Waals surface area (Å²) in [5, 5.41) is 11.7. The van der Waals surface area contributed by atoms with E-state index in [4.69, 9.17) is 9.84 Å². The number of thioether (sulfide) groups is 1. The average Bonchev–Trinajstić information content (AvgIpc) is 2.47. The summed E-state index contributed by atoms with van der Waals surface area (Å²) in [6.07, 6.45) is 0. The summed E-state index contributed by atoms with van der Waals surface area (Å²) in [4.78, 5) is 22.7. The minimum absolute atomic E-state index is 0. The van der Waals surface area contributed by atoms with Crippen molar-refractivity contribution in [2.45, 2.75) is 31.7 Å². The third kappa shape index (κ3) is 7.82. The van der Waals surface area contributed by atoms with E-state index in [1.165, 1.54) is 6.92 Å². The molecule has 0 saturated carbocycles. The van der Waals surface area contributed by atoms with Crippen molar-refractivity contribution in [1.29, 1.82) is 0 Å². The molecule has 0 bridgehead atoms. The number of hydrogen-bond donors (Lipinski definition) is 2. The van der Waals surface area contributed by atoms with Crippen molar-refractivity contribution in [3.05, 3.63) is 35.9 Å². The van der Waals surface area contributed by atoms with E-state index >= 15 is 0 Å². The van der Waals surface area contributed by atoms with Gasteiger partial charge in [-0.25, -0.2) is 0 Å². The number of esters is 1. The van der Waals surface area contributed by atoms with Gasteiger partial charge in [0.2, 0.25) is 0 Å². The molecular formula is C15H22BrNO4S. The topological polar surface area (TPSA) is 75.6 Å². The Bertz CT molecular complexity index is 458. The number of carbonyl (C=O) groups is 2. The van der Waals surface area contributed by atoms with Crippen LogP contribution in [-0.2, 0) is 20.1 Å². The molecular weight excluding hydrogens is 370 g/mol. The van der Waals surface area contributed by atoms with Crippen LogP contribution in [0.25, 0.3) is 0 Å². The van der Waals surface area contributed by atoms with E-state index in [0.717, 1.165) is 11.3 Å². The Kier molecular flexibility index (Phi) is 11.0. The van der Waals surface area contributed by atoms with Crippen molar-refractivity contribution >= 4 is 40.7 Å². The molecule has 1 rings (SSSR count). The fourth-order valence-electron chi connectivity index (χ4n) is 1.67. The molecule has 22 heavy (non-hydrogen) atoms. The van der Waals surface area contributed by atoms with E-state index in [9.17, 15) is 9.59 Å². The van der Waals surface area contributed by atoms with Gasteiger partial charge in [0.25, 0.3) is 0 Å². The van der Waals surface area contributed by atoms with Crippen LogP contribution in [0.4, 0.5) is 0 Å². The van der Waals surface area contributed by atoms with Crippen LogP contribution in [0.1, 0.15) is 19.4 Å². The van der Waals surface area contributed by atoms with Crippen LogP contribution < -0.4 is 5.32 Å². The standard InChI is InChI=1S/C15H21NO4S.BrH/c1-3-20-15(19)13(16-11(2)14(17)18)10-21-9-12-7-5-4-6-8-12;/h4-8,11,13,16H,3,9-10H2,1-2H3,(H,17,18);1H/t11-,13-;/m0./s1. The second-order valence-electron chi connectivity index (χ2n) is 4.53. The summed E-state index contributed by atoms with van der Waals surface area (Å²) in [5.41, 5.74) is 1.16. The lowest BCUT2D eigenvalue weighted by Gasteiger charge is -2.19. The van der Waals surface area contributed by atoms with Crippen LogP contribution in [-0.4, -0.2) is 41.5 Å². The number of carboxylic acids is 1. The molecule has 0 saturated heterocycles. The molecule has 0 fully saturated rings. The SMILES string of the molecule is Br.CCOC(=O)[C@H](CSCc1ccccc1)N[C@@H](C)C(=O)O. The molecule has 0 heterocycles. The zero-order valence-electron chi connectivity index (χ0n) is 12.7. The Morgan fingerprint density at radius 1 is 1.32 bits per heavy atom. The quantitative estimate of drug-likeness (QED) is 0.629. The van der Waals surface area contributed by atoms with Crippen molar-refractivity contribution in [1.82, 2.24) is 5.32 Å². The largest absolute Gasteiger partial charge is 0.480 e. The van der Waals surface area contributed by atoms with Gasteiger partial charge in [0.05, 0.1) is 6.61 Å². The number of halogens is 1. The maximum absolute atomic E-state index is 11.9. The van der Waals surface area contributed by atoms with Crippen LogP contribution in [0.3, 0.4) is 0 Å². The minimum atomic E-state index is -0.989. The fraction of sp³-hybridized carbons (Fsp3) is 0.467. The van der Waals surface area contributed by atoms with Gasteiger partial charge >= 0.3 is 11.9 Å². The molecule has 0 aliphatic carbocycles. The van der Waals surface area contributed by atoms with Crippen molar-refractivity contribution in [2.24, 2.45) is 0 Å². The van der Waals surface area contributed by atoms with Crippen LogP contribution in [0.15, 0.2) is 30.3 Å². The molecule has 124 valence electrons. The van der Waals surface area contributed by atoms with Gasteiger partial charge in [0.15, 0.2) is 0 Å². The Balaban J connectivity index is 0.00000441. The number of hydrogen-bond acceptors (Lipinski definition) is 5. The first-order valence-electron chi connectivity index (χ1n) is 6.81. The van der Waals surface area contributed by atoms with Gasteiger partial charge in [0, 0.05) is 11.5 Å². The first kappa shape index (κ1) is 20.9. The third-order valence-electron chi connectivity index (χ3n) is 2.79. The Morgan fingerprint density at radius 3 is 2.50 bits per heavy atom. The Hall–Kier alpha value is -1.05. The highest BCUT2D eigenvalue weighted by atomic mass is 79.9. The average molecular weight is 392 g/mol. The summed E-state index contributed by atoms with van der Waals surface area (Å²) >= 11 is 1.57. The lowest BCUT2D eigenvalue weighted by Crippen LogP contribution is -2.47. The maximum Gasteiger partial charge on any atom is 0.324 e. The maximum atomic E-state index is 11.9. The highest BCUT2D eigenvalue weighted by Gasteiger charge is 2.24. The molecule has 0 aliphatic rings. The van der Waals surface area contributed by atoms with Gasteiger partial charge < -0.3 is 9.84 Å². The summed E-state index contributed by atoms with van der Waals surface area (Å²) < 4.78 is 4.98.